The lowest BCUT2D eigenvalue weighted by atomic mass is 9.77. The standard InChI is InChI=1S/C29H31N2O/c1-18(2)22-16-23-21-14-13-19(3)26(25-12-8-9-15-31(25)4)29(21)32-28(23)24(17-30)27(22)20-10-6-5-7-11-20/h8-9,12-16,18,20H,5-7,10-11H2,1-4H3/q+1. The molecule has 1 aliphatic carbocycles. The van der Waals surface area contributed by atoms with Crippen molar-refractivity contribution >= 4 is 21.9 Å². The van der Waals surface area contributed by atoms with Crippen LogP contribution in [0.5, 0.6) is 0 Å². The molecule has 162 valence electrons. The summed E-state index contributed by atoms with van der Waals surface area (Å²) in [7, 11) is 2.06. The fourth-order valence-electron chi connectivity index (χ4n) is 5.63. The minimum Gasteiger partial charge on any atom is -0.454 e. The summed E-state index contributed by atoms with van der Waals surface area (Å²) >= 11 is 0. The lowest BCUT2D eigenvalue weighted by molar-refractivity contribution is -0.660. The highest BCUT2D eigenvalue weighted by molar-refractivity contribution is 6.11. The summed E-state index contributed by atoms with van der Waals surface area (Å²) in [5.41, 5.74) is 8.37. The van der Waals surface area contributed by atoms with Gasteiger partial charge >= 0.3 is 0 Å². The Kier molecular flexibility index (Phi) is 5.25. The van der Waals surface area contributed by atoms with Crippen LogP contribution in [0.2, 0.25) is 0 Å². The molecular weight excluding hydrogens is 392 g/mol. The third kappa shape index (κ3) is 3.21. The van der Waals surface area contributed by atoms with Crippen LogP contribution in [0, 0.1) is 18.3 Å². The predicted molar refractivity (Wildman–Crippen MR) is 130 cm³/mol. The number of hydrogen-bond acceptors (Lipinski definition) is 2. The Labute approximate surface area is 190 Å². The fourth-order valence-corrected chi connectivity index (χ4v) is 5.63. The largest absolute Gasteiger partial charge is 0.454 e. The zero-order chi connectivity index (χ0) is 22.4. The number of benzene rings is 2. The lowest BCUT2D eigenvalue weighted by Crippen LogP contribution is -2.30. The normalized spacial score (nSPS) is 15.0. The van der Waals surface area contributed by atoms with Crippen molar-refractivity contribution in [2.75, 3.05) is 0 Å². The monoisotopic (exact) mass is 423 g/mol. The van der Waals surface area contributed by atoms with Crippen molar-refractivity contribution in [1.29, 1.82) is 5.26 Å². The summed E-state index contributed by atoms with van der Waals surface area (Å²) in [5.74, 6) is 0.826. The second-order valence-electron chi connectivity index (χ2n) is 9.67. The van der Waals surface area contributed by atoms with Crippen molar-refractivity contribution in [1.82, 2.24) is 0 Å². The van der Waals surface area contributed by atoms with E-state index in [-0.39, 0.29) is 0 Å². The molecule has 2 aromatic carbocycles. The molecule has 0 N–H and O–H groups in total. The molecule has 1 aliphatic rings. The van der Waals surface area contributed by atoms with Gasteiger partial charge in [-0.3, -0.25) is 0 Å². The summed E-state index contributed by atoms with van der Waals surface area (Å²) in [6.45, 7) is 6.63. The molecule has 3 nitrogen and oxygen atoms in total. The Balaban J connectivity index is 1.88. The van der Waals surface area contributed by atoms with Gasteiger partial charge in [-0.1, -0.05) is 45.2 Å². The second kappa shape index (κ2) is 8.10. The minimum absolute atomic E-state index is 0.366. The topological polar surface area (TPSA) is 40.8 Å². The first-order chi connectivity index (χ1) is 15.5. The summed E-state index contributed by atoms with van der Waals surface area (Å²) in [6.07, 6.45) is 8.21. The van der Waals surface area contributed by atoms with Gasteiger partial charge in [0.05, 0.1) is 11.1 Å². The van der Waals surface area contributed by atoms with Crippen LogP contribution in [0.1, 0.15) is 80.0 Å². The lowest BCUT2D eigenvalue weighted by Gasteiger charge is -2.26. The molecule has 32 heavy (non-hydrogen) atoms. The molecule has 0 unspecified atom stereocenters. The van der Waals surface area contributed by atoms with Crippen LogP contribution in [-0.2, 0) is 7.05 Å². The van der Waals surface area contributed by atoms with E-state index in [0.717, 1.165) is 38.8 Å². The molecule has 2 aromatic heterocycles. The van der Waals surface area contributed by atoms with Crippen molar-refractivity contribution in [2.24, 2.45) is 7.05 Å². The molecule has 0 amide bonds. The van der Waals surface area contributed by atoms with Crippen molar-refractivity contribution in [3.8, 4) is 17.3 Å². The van der Waals surface area contributed by atoms with Gasteiger partial charge in [0.2, 0.25) is 5.69 Å². The molecule has 0 aliphatic heterocycles. The van der Waals surface area contributed by atoms with Gasteiger partial charge in [0.25, 0.3) is 0 Å². The van der Waals surface area contributed by atoms with Gasteiger partial charge in [-0.2, -0.15) is 5.26 Å². The highest BCUT2D eigenvalue weighted by Gasteiger charge is 2.28. The van der Waals surface area contributed by atoms with E-state index in [1.54, 1.807) is 0 Å². The summed E-state index contributed by atoms with van der Waals surface area (Å²) < 4.78 is 8.76. The summed E-state index contributed by atoms with van der Waals surface area (Å²) in [4.78, 5) is 0. The van der Waals surface area contributed by atoms with Crippen molar-refractivity contribution in [3.05, 3.63) is 64.8 Å². The number of nitrogens with zero attached hydrogens (tertiary/aromatic N) is 2. The molecule has 5 rings (SSSR count). The number of fused-ring (bicyclic) bond motifs is 3. The van der Waals surface area contributed by atoms with Crippen molar-refractivity contribution in [2.45, 2.75) is 64.7 Å². The Morgan fingerprint density at radius 1 is 1.03 bits per heavy atom. The maximum atomic E-state index is 10.3. The number of rotatable bonds is 3. The number of furan rings is 1. The number of nitriles is 1. The fraction of sp³-hybridized carbons (Fsp3) is 0.379. The average molecular weight is 424 g/mol. The first kappa shape index (κ1) is 20.8. The maximum absolute atomic E-state index is 10.3. The van der Waals surface area contributed by atoms with Gasteiger partial charge < -0.3 is 4.42 Å². The van der Waals surface area contributed by atoms with Crippen LogP contribution in [0.15, 0.2) is 47.0 Å². The third-order valence-corrected chi connectivity index (χ3v) is 7.27. The number of aryl methyl sites for hydroxylation is 2. The van der Waals surface area contributed by atoms with Gasteiger partial charge in [0.15, 0.2) is 11.8 Å². The quantitative estimate of drug-likeness (QED) is 0.321. The van der Waals surface area contributed by atoms with Gasteiger partial charge in [-0.15, -0.1) is 0 Å². The molecule has 0 atom stereocenters. The molecule has 0 spiro atoms. The van der Waals surface area contributed by atoms with Crippen LogP contribution in [0.25, 0.3) is 33.2 Å². The van der Waals surface area contributed by atoms with Gasteiger partial charge in [-0.05, 0) is 60.4 Å². The summed E-state index contributed by atoms with van der Waals surface area (Å²) in [6, 6.07) is 15.5. The Morgan fingerprint density at radius 2 is 1.81 bits per heavy atom. The van der Waals surface area contributed by atoms with Crippen LogP contribution >= 0.6 is 0 Å². The molecule has 0 saturated heterocycles. The van der Waals surface area contributed by atoms with E-state index in [0.29, 0.717) is 11.8 Å². The third-order valence-electron chi connectivity index (χ3n) is 7.27. The molecule has 0 bridgehead atoms. The summed E-state index contributed by atoms with van der Waals surface area (Å²) in [5, 5.41) is 12.5. The van der Waals surface area contributed by atoms with E-state index in [2.05, 4.69) is 75.0 Å². The maximum Gasteiger partial charge on any atom is 0.216 e. The van der Waals surface area contributed by atoms with E-state index in [1.165, 1.54) is 48.8 Å². The van der Waals surface area contributed by atoms with Crippen LogP contribution < -0.4 is 4.57 Å². The highest BCUT2D eigenvalue weighted by Crippen LogP contribution is 2.45. The zero-order valence-corrected chi connectivity index (χ0v) is 19.5. The number of hydrogen-bond donors (Lipinski definition) is 0. The first-order valence-corrected chi connectivity index (χ1v) is 11.9. The molecule has 1 saturated carbocycles. The Bertz CT molecular complexity index is 1360. The van der Waals surface area contributed by atoms with E-state index >= 15 is 0 Å². The molecular formula is C29H31N2O+. The van der Waals surface area contributed by atoms with Crippen LogP contribution in [0.4, 0.5) is 0 Å². The predicted octanol–water partition coefficient (Wildman–Crippen LogP) is 7.43. The van der Waals surface area contributed by atoms with E-state index in [9.17, 15) is 5.26 Å². The van der Waals surface area contributed by atoms with Crippen molar-refractivity contribution < 1.29 is 8.98 Å². The van der Waals surface area contributed by atoms with Crippen LogP contribution in [-0.4, -0.2) is 0 Å². The first-order valence-electron chi connectivity index (χ1n) is 11.9. The Morgan fingerprint density at radius 3 is 2.50 bits per heavy atom. The van der Waals surface area contributed by atoms with E-state index < -0.39 is 0 Å². The molecule has 1 fully saturated rings. The number of pyridine rings is 1. The Hall–Kier alpha value is -3.12. The molecule has 0 radical (unpaired) electrons. The second-order valence-corrected chi connectivity index (χ2v) is 9.67. The minimum atomic E-state index is 0.366. The molecule has 4 aromatic rings. The molecule has 3 heteroatoms. The smallest absolute Gasteiger partial charge is 0.216 e. The van der Waals surface area contributed by atoms with E-state index in [1.807, 2.05) is 6.07 Å². The van der Waals surface area contributed by atoms with Gasteiger partial charge in [0, 0.05) is 22.9 Å². The van der Waals surface area contributed by atoms with Crippen LogP contribution in [0.3, 0.4) is 0 Å². The van der Waals surface area contributed by atoms with Gasteiger partial charge in [0.1, 0.15) is 18.7 Å². The zero-order valence-electron chi connectivity index (χ0n) is 19.5. The highest BCUT2D eigenvalue weighted by atomic mass is 16.3. The van der Waals surface area contributed by atoms with E-state index in [4.69, 9.17) is 4.42 Å². The number of aromatic nitrogens is 1. The van der Waals surface area contributed by atoms with Crippen molar-refractivity contribution in [3.63, 3.8) is 0 Å². The molecule has 2 heterocycles. The SMILES string of the molecule is Cc1ccc2c(oc3c(C#N)c(C4CCCCC4)c(C(C)C)cc32)c1-c1cccc[n+]1C. The van der Waals surface area contributed by atoms with Gasteiger partial charge in [-0.25, -0.2) is 4.57 Å². The average Bonchev–Trinajstić information content (AvgIpc) is 3.17.